The summed E-state index contributed by atoms with van der Waals surface area (Å²) >= 11 is 0. The Bertz CT molecular complexity index is 1100. The van der Waals surface area contributed by atoms with Crippen LogP contribution in [0.1, 0.15) is 36.3 Å². The molecule has 0 aliphatic rings. The first-order valence-electron chi connectivity index (χ1n) is 11.2. The van der Waals surface area contributed by atoms with Crippen molar-refractivity contribution in [2.45, 2.75) is 39.3 Å². The van der Waals surface area contributed by atoms with Gasteiger partial charge in [0.05, 0.1) is 25.5 Å². The van der Waals surface area contributed by atoms with Gasteiger partial charge >= 0.3 is 5.97 Å². The Hall–Kier alpha value is -3.81. The maximum atomic E-state index is 13.0. The number of carboxylic acid groups (broad SMARTS) is 1. The van der Waals surface area contributed by atoms with E-state index in [1.807, 2.05) is 48.5 Å². The van der Waals surface area contributed by atoms with Crippen LogP contribution in [0.2, 0.25) is 0 Å². The van der Waals surface area contributed by atoms with Crippen molar-refractivity contribution in [1.29, 1.82) is 0 Å². The number of rotatable bonds is 11. The summed E-state index contributed by atoms with van der Waals surface area (Å²) in [6.07, 6.45) is 0.800. The predicted molar refractivity (Wildman–Crippen MR) is 129 cm³/mol. The van der Waals surface area contributed by atoms with Crippen molar-refractivity contribution in [3.63, 3.8) is 0 Å². The lowest BCUT2D eigenvalue weighted by Gasteiger charge is -2.15. The van der Waals surface area contributed by atoms with Crippen LogP contribution in [0.15, 0.2) is 54.6 Å². The normalized spacial score (nSPS) is 11.8. The molecule has 3 rings (SSSR count). The van der Waals surface area contributed by atoms with E-state index in [2.05, 4.69) is 24.3 Å². The number of nitrogens with one attached hydrogen (secondary N) is 1. The van der Waals surface area contributed by atoms with Gasteiger partial charge in [-0.05, 0) is 42.5 Å². The van der Waals surface area contributed by atoms with Crippen LogP contribution in [-0.4, -0.2) is 47.0 Å². The van der Waals surface area contributed by atoms with Crippen molar-refractivity contribution in [2.75, 3.05) is 14.2 Å². The van der Waals surface area contributed by atoms with E-state index in [9.17, 15) is 14.7 Å². The molecule has 1 atom stereocenters. The Labute approximate surface area is 199 Å². The van der Waals surface area contributed by atoms with E-state index in [-0.39, 0.29) is 18.0 Å². The number of aromatic nitrogens is 2. The average Bonchev–Trinajstić information content (AvgIpc) is 3.24. The van der Waals surface area contributed by atoms with Crippen molar-refractivity contribution in [3.05, 3.63) is 65.9 Å². The molecule has 180 valence electrons. The van der Waals surface area contributed by atoms with Crippen LogP contribution in [-0.2, 0) is 17.8 Å². The molecular formula is C26H31N3O5. The van der Waals surface area contributed by atoms with E-state index in [4.69, 9.17) is 9.47 Å². The Morgan fingerprint density at radius 1 is 1.03 bits per heavy atom. The van der Waals surface area contributed by atoms with Crippen molar-refractivity contribution >= 4 is 11.9 Å². The number of methoxy groups -OCH3 is 2. The second-order valence-electron chi connectivity index (χ2n) is 8.42. The van der Waals surface area contributed by atoms with Gasteiger partial charge in [-0.15, -0.1) is 0 Å². The highest BCUT2D eigenvalue weighted by Gasteiger charge is 2.25. The number of amides is 1. The van der Waals surface area contributed by atoms with Crippen LogP contribution in [0, 0.1) is 5.92 Å². The fourth-order valence-corrected chi connectivity index (χ4v) is 3.76. The molecule has 2 N–H and O–H groups in total. The van der Waals surface area contributed by atoms with Crippen LogP contribution in [0.5, 0.6) is 11.5 Å². The molecule has 0 aliphatic carbocycles. The lowest BCUT2D eigenvalue weighted by Crippen LogP contribution is -2.41. The Balaban J connectivity index is 1.90. The molecule has 0 saturated carbocycles. The van der Waals surface area contributed by atoms with Crippen molar-refractivity contribution in [1.82, 2.24) is 15.1 Å². The van der Waals surface area contributed by atoms with Gasteiger partial charge in [0, 0.05) is 6.54 Å². The number of benzene rings is 2. The summed E-state index contributed by atoms with van der Waals surface area (Å²) in [5.74, 6) is -0.200. The number of carboxylic acids is 1. The number of hydrogen-bond donors (Lipinski definition) is 2. The molecule has 8 heteroatoms. The molecule has 1 aromatic heterocycles. The third kappa shape index (κ3) is 5.95. The van der Waals surface area contributed by atoms with Gasteiger partial charge in [-0.2, -0.15) is 5.10 Å². The molecule has 34 heavy (non-hydrogen) atoms. The van der Waals surface area contributed by atoms with E-state index in [1.165, 1.54) is 0 Å². The molecule has 1 amide bonds. The number of nitrogens with zero attached hydrogens (tertiary/aromatic N) is 2. The maximum Gasteiger partial charge on any atom is 0.326 e. The molecule has 3 aromatic rings. The summed E-state index contributed by atoms with van der Waals surface area (Å²) in [4.78, 5) is 24.9. The highest BCUT2D eigenvalue weighted by molar-refractivity contribution is 5.96. The number of hydrogen-bond acceptors (Lipinski definition) is 5. The zero-order valence-corrected chi connectivity index (χ0v) is 19.9. The van der Waals surface area contributed by atoms with Crippen molar-refractivity contribution in [2.24, 2.45) is 5.92 Å². The van der Waals surface area contributed by atoms with E-state index >= 15 is 0 Å². The fourth-order valence-electron chi connectivity index (χ4n) is 3.76. The van der Waals surface area contributed by atoms with Gasteiger partial charge in [0.1, 0.15) is 17.5 Å². The van der Waals surface area contributed by atoms with E-state index in [0.717, 1.165) is 5.56 Å². The zero-order valence-electron chi connectivity index (χ0n) is 19.9. The fraction of sp³-hybridized carbons (Fsp3) is 0.346. The Kier molecular flexibility index (Phi) is 8.29. The minimum absolute atomic E-state index is 0.134. The van der Waals surface area contributed by atoms with Crippen LogP contribution in [0.3, 0.4) is 0 Å². The van der Waals surface area contributed by atoms with Gasteiger partial charge in [0.15, 0.2) is 5.69 Å². The van der Waals surface area contributed by atoms with Crippen LogP contribution in [0.4, 0.5) is 0 Å². The van der Waals surface area contributed by atoms with E-state index in [1.54, 1.807) is 25.0 Å². The van der Waals surface area contributed by atoms with Gasteiger partial charge in [-0.1, -0.05) is 50.2 Å². The monoisotopic (exact) mass is 465 g/mol. The Morgan fingerprint density at radius 2 is 1.68 bits per heavy atom. The first-order valence-corrected chi connectivity index (χ1v) is 11.2. The first-order chi connectivity index (χ1) is 16.3. The molecule has 0 radical (unpaired) electrons. The molecule has 2 aromatic carbocycles. The molecule has 1 heterocycles. The molecular weight excluding hydrogens is 434 g/mol. The van der Waals surface area contributed by atoms with Gasteiger partial charge in [0.2, 0.25) is 0 Å². The lowest BCUT2D eigenvalue weighted by atomic mass is 10.0. The van der Waals surface area contributed by atoms with E-state index < -0.39 is 17.9 Å². The summed E-state index contributed by atoms with van der Waals surface area (Å²) in [5.41, 5.74) is 2.48. The summed E-state index contributed by atoms with van der Waals surface area (Å²) in [5, 5.41) is 16.8. The zero-order chi connectivity index (χ0) is 24.7. The largest absolute Gasteiger partial charge is 0.496 e. The van der Waals surface area contributed by atoms with Crippen molar-refractivity contribution < 1.29 is 24.2 Å². The molecule has 8 nitrogen and oxygen atoms in total. The SMILES string of the molecule is COc1cccc(OC)c1-c1cc(C(=O)N[C@@H](CCc2ccccc2)C(=O)O)nn1CC(C)C. The number of carbonyl (C=O) groups is 2. The average molecular weight is 466 g/mol. The van der Waals surface area contributed by atoms with Gasteiger partial charge in [0.25, 0.3) is 5.91 Å². The minimum Gasteiger partial charge on any atom is -0.496 e. The summed E-state index contributed by atoms with van der Waals surface area (Å²) in [6, 6.07) is 15.6. The summed E-state index contributed by atoms with van der Waals surface area (Å²) in [7, 11) is 3.14. The molecule has 0 saturated heterocycles. The second kappa shape index (κ2) is 11.4. The summed E-state index contributed by atoms with van der Waals surface area (Å²) in [6.45, 7) is 4.66. The number of ether oxygens (including phenoxy) is 2. The van der Waals surface area contributed by atoms with Gasteiger partial charge in [-0.3, -0.25) is 9.48 Å². The van der Waals surface area contributed by atoms with Crippen molar-refractivity contribution in [3.8, 4) is 22.8 Å². The lowest BCUT2D eigenvalue weighted by molar-refractivity contribution is -0.139. The number of carbonyl (C=O) groups excluding carboxylic acids is 1. The minimum atomic E-state index is -1.09. The van der Waals surface area contributed by atoms with Gasteiger partial charge < -0.3 is 19.9 Å². The van der Waals surface area contributed by atoms with Crippen LogP contribution >= 0.6 is 0 Å². The number of aryl methyl sites for hydroxylation is 1. The first kappa shape index (κ1) is 24.8. The standard InChI is InChI=1S/C26H31N3O5/c1-17(2)16-29-21(24-22(33-3)11-8-12-23(24)34-4)15-20(28-29)25(30)27-19(26(31)32)14-13-18-9-6-5-7-10-18/h5-12,15,17,19H,13-14,16H2,1-4H3,(H,27,30)(H,31,32)/t19-/m0/s1. The predicted octanol–water partition coefficient (Wildman–Crippen LogP) is 4.04. The third-order valence-corrected chi connectivity index (χ3v) is 5.40. The molecule has 0 aliphatic heterocycles. The van der Waals surface area contributed by atoms with Gasteiger partial charge in [-0.25, -0.2) is 4.79 Å². The van der Waals surface area contributed by atoms with Crippen LogP contribution in [0.25, 0.3) is 11.3 Å². The highest BCUT2D eigenvalue weighted by Crippen LogP contribution is 2.38. The van der Waals surface area contributed by atoms with Crippen LogP contribution < -0.4 is 14.8 Å². The highest BCUT2D eigenvalue weighted by atomic mass is 16.5. The number of aliphatic carboxylic acids is 1. The smallest absolute Gasteiger partial charge is 0.326 e. The molecule has 0 unspecified atom stereocenters. The quantitative estimate of drug-likeness (QED) is 0.443. The summed E-state index contributed by atoms with van der Waals surface area (Å²) < 4.78 is 12.8. The Morgan fingerprint density at radius 3 is 2.24 bits per heavy atom. The molecule has 0 fully saturated rings. The molecule has 0 bridgehead atoms. The topological polar surface area (TPSA) is 103 Å². The second-order valence-corrected chi connectivity index (χ2v) is 8.42. The van der Waals surface area contributed by atoms with E-state index in [0.29, 0.717) is 35.7 Å². The molecule has 0 spiro atoms. The maximum absolute atomic E-state index is 13.0. The third-order valence-electron chi connectivity index (χ3n) is 5.40.